The first-order valence-corrected chi connectivity index (χ1v) is 10.7. The summed E-state index contributed by atoms with van der Waals surface area (Å²) in [6, 6.07) is 17.3. The maximum Gasteiger partial charge on any atom is 0.264 e. The third-order valence-corrected chi connectivity index (χ3v) is 6.58. The second kappa shape index (κ2) is 7.59. The molecule has 1 N–H and O–H groups in total. The number of hydrogen-bond donors (Lipinski definition) is 1. The normalized spacial score (nSPS) is 25.9. The van der Waals surface area contributed by atoms with Crippen molar-refractivity contribution in [2.24, 2.45) is 5.92 Å². The van der Waals surface area contributed by atoms with E-state index in [0.717, 1.165) is 29.7 Å². The molecule has 7 heteroatoms. The van der Waals surface area contributed by atoms with Gasteiger partial charge in [-0.3, -0.25) is 9.48 Å². The Morgan fingerprint density at radius 2 is 1.94 bits per heavy atom. The van der Waals surface area contributed by atoms with E-state index >= 15 is 0 Å². The van der Waals surface area contributed by atoms with Crippen molar-refractivity contribution < 1.29 is 14.6 Å². The van der Waals surface area contributed by atoms with Crippen molar-refractivity contribution in [1.29, 1.82) is 0 Å². The number of anilines is 1. The first kappa shape index (κ1) is 19.9. The van der Waals surface area contributed by atoms with Crippen LogP contribution in [0.15, 0.2) is 60.8 Å². The largest absolute Gasteiger partial charge is 0.382 e. The highest BCUT2D eigenvalue weighted by Gasteiger charge is 2.59. The van der Waals surface area contributed by atoms with Gasteiger partial charge in [0.15, 0.2) is 5.60 Å². The van der Waals surface area contributed by atoms with Gasteiger partial charge < -0.3 is 14.7 Å². The zero-order valence-corrected chi connectivity index (χ0v) is 17.7. The van der Waals surface area contributed by atoms with E-state index in [1.54, 1.807) is 15.8 Å². The summed E-state index contributed by atoms with van der Waals surface area (Å²) in [6.45, 7) is 2.70. The minimum Gasteiger partial charge on any atom is -0.382 e. The third kappa shape index (κ3) is 3.16. The van der Waals surface area contributed by atoms with Crippen molar-refractivity contribution in [2.75, 3.05) is 11.9 Å². The standard InChI is InChI=1S/C24H26N4O3/c1-16-14-18(31-24(16)19-10-6-7-11-21(19)27(2)23(24)30)12-13-28-15-20(25-26-28)22(29)17-8-4-3-5-9-17/h3-11,15-16,18,22,29H,12-14H2,1-2H3/t16-,18+,22-,24+/m1/s1. The molecule has 2 aliphatic heterocycles. The van der Waals surface area contributed by atoms with E-state index in [9.17, 15) is 9.90 Å². The Labute approximate surface area is 181 Å². The first-order chi connectivity index (χ1) is 15.0. The van der Waals surface area contributed by atoms with Crippen LogP contribution < -0.4 is 4.90 Å². The summed E-state index contributed by atoms with van der Waals surface area (Å²) in [4.78, 5) is 14.9. The zero-order chi connectivity index (χ0) is 21.6. The minimum absolute atomic E-state index is 0.0118. The summed E-state index contributed by atoms with van der Waals surface area (Å²) in [7, 11) is 1.81. The van der Waals surface area contributed by atoms with Crippen LogP contribution in [-0.2, 0) is 21.7 Å². The number of nitrogens with zero attached hydrogens (tertiary/aromatic N) is 4. The average Bonchev–Trinajstić information content (AvgIpc) is 3.46. The number of para-hydroxylation sites is 1. The molecule has 0 unspecified atom stereocenters. The van der Waals surface area contributed by atoms with E-state index in [0.29, 0.717) is 12.2 Å². The fourth-order valence-electron chi connectivity index (χ4n) is 4.94. The number of amides is 1. The molecule has 31 heavy (non-hydrogen) atoms. The van der Waals surface area contributed by atoms with E-state index in [4.69, 9.17) is 4.74 Å². The number of aromatic nitrogens is 3. The molecule has 3 aromatic rings. The fourth-order valence-corrected chi connectivity index (χ4v) is 4.94. The number of carbonyl (C=O) groups is 1. The highest BCUT2D eigenvalue weighted by Crippen LogP contribution is 2.52. The number of aryl methyl sites for hydroxylation is 1. The lowest BCUT2D eigenvalue weighted by Gasteiger charge is -2.27. The van der Waals surface area contributed by atoms with Crippen molar-refractivity contribution in [2.45, 2.75) is 44.1 Å². The summed E-state index contributed by atoms with van der Waals surface area (Å²) in [5, 5.41) is 18.8. The van der Waals surface area contributed by atoms with Crippen molar-refractivity contribution in [3.63, 3.8) is 0 Å². The smallest absolute Gasteiger partial charge is 0.264 e. The molecule has 0 bridgehead atoms. The van der Waals surface area contributed by atoms with Crippen LogP contribution in [-0.4, -0.2) is 39.2 Å². The molecule has 4 atom stereocenters. The maximum absolute atomic E-state index is 13.2. The quantitative estimate of drug-likeness (QED) is 0.689. The van der Waals surface area contributed by atoms with E-state index in [1.807, 2.05) is 61.6 Å². The van der Waals surface area contributed by atoms with E-state index < -0.39 is 11.7 Å². The minimum atomic E-state index is -0.896. The zero-order valence-electron chi connectivity index (χ0n) is 17.7. The van der Waals surface area contributed by atoms with Gasteiger partial charge in [-0.1, -0.05) is 60.7 Å². The molecule has 160 valence electrons. The van der Waals surface area contributed by atoms with Crippen molar-refractivity contribution in [3.05, 3.63) is 77.6 Å². The first-order valence-electron chi connectivity index (χ1n) is 10.7. The SMILES string of the molecule is C[C@@H]1C[C@H](CCn2cc([C@H](O)c3ccccc3)nn2)O[C@@]12C(=O)N(C)c1ccccc12. The van der Waals surface area contributed by atoms with Crippen LogP contribution in [0.2, 0.25) is 0 Å². The molecule has 7 nitrogen and oxygen atoms in total. The molecular weight excluding hydrogens is 392 g/mol. The predicted octanol–water partition coefficient (Wildman–Crippen LogP) is 3.05. The van der Waals surface area contributed by atoms with Gasteiger partial charge in [0.25, 0.3) is 5.91 Å². The highest BCUT2D eigenvalue weighted by molar-refractivity contribution is 6.07. The Morgan fingerprint density at radius 1 is 1.19 bits per heavy atom. The van der Waals surface area contributed by atoms with Crippen molar-refractivity contribution in [3.8, 4) is 0 Å². The van der Waals surface area contributed by atoms with Gasteiger partial charge in [-0.15, -0.1) is 5.10 Å². The maximum atomic E-state index is 13.2. The Bertz CT molecular complexity index is 1100. The second-order valence-corrected chi connectivity index (χ2v) is 8.50. The van der Waals surface area contributed by atoms with Crippen LogP contribution in [0.5, 0.6) is 0 Å². The van der Waals surface area contributed by atoms with Crippen LogP contribution in [0.25, 0.3) is 0 Å². The highest BCUT2D eigenvalue weighted by atomic mass is 16.5. The Morgan fingerprint density at radius 3 is 2.74 bits per heavy atom. The second-order valence-electron chi connectivity index (χ2n) is 8.50. The lowest BCUT2D eigenvalue weighted by molar-refractivity contribution is -0.145. The number of aliphatic hydroxyl groups is 1. The van der Waals surface area contributed by atoms with Gasteiger partial charge in [0, 0.05) is 25.1 Å². The van der Waals surface area contributed by atoms with Crippen molar-refractivity contribution >= 4 is 11.6 Å². The summed E-state index contributed by atoms with van der Waals surface area (Å²) >= 11 is 0. The average molecular weight is 418 g/mol. The Hall–Kier alpha value is -3.03. The van der Waals surface area contributed by atoms with Crippen LogP contribution in [0.3, 0.4) is 0 Å². The number of rotatable bonds is 5. The molecule has 1 aromatic heterocycles. The van der Waals surface area contributed by atoms with Gasteiger partial charge in [0.2, 0.25) is 0 Å². The summed E-state index contributed by atoms with van der Waals surface area (Å²) in [5.41, 5.74) is 2.30. The molecule has 1 spiro atoms. The molecule has 1 saturated heterocycles. The van der Waals surface area contributed by atoms with Crippen LogP contribution in [0, 0.1) is 5.92 Å². The summed E-state index contributed by atoms with van der Waals surface area (Å²) < 4.78 is 8.21. The number of likely N-dealkylation sites (N-methyl/N-ethyl adjacent to an activating group) is 1. The molecule has 0 radical (unpaired) electrons. The topological polar surface area (TPSA) is 80.5 Å². The lowest BCUT2D eigenvalue weighted by atomic mass is 9.83. The van der Waals surface area contributed by atoms with Crippen molar-refractivity contribution in [1.82, 2.24) is 15.0 Å². The molecular formula is C24H26N4O3. The molecule has 0 aliphatic carbocycles. The monoisotopic (exact) mass is 418 g/mol. The van der Waals surface area contributed by atoms with Gasteiger partial charge in [-0.25, -0.2) is 0 Å². The van der Waals surface area contributed by atoms with E-state index in [-0.39, 0.29) is 17.9 Å². The number of fused-ring (bicyclic) bond motifs is 2. The molecule has 2 aromatic carbocycles. The predicted molar refractivity (Wildman–Crippen MR) is 115 cm³/mol. The van der Waals surface area contributed by atoms with Gasteiger partial charge >= 0.3 is 0 Å². The molecule has 5 rings (SSSR count). The number of benzene rings is 2. The summed E-state index contributed by atoms with van der Waals surface area (Å²) in [6.07, 6.45) is 2.45. The molecule has 1 fully saturated rings. The van der Waals surface area contributed by atoms with Gasteiger partial charge in [0.05, 0.1) is 18.0 Å². The lowest BCUT2D eigenvalue weighted by Crippen LogP contribution is -2.42. The van der Waals surface area contributed by atoms with E-state index in [2.05, 4.69) is 17.2 Å². The fraction of sp³-hybridized carbons (Fsp3) is 0.375. The number of carbonyl (C=O) groups excluding carboxylic acids is 1. The molecule has 3 heterocycles. The van der Waals surface area contributed by atoms with E-state index in [1.165, 1.54) is 0 Å². The van der Waals surface area contributed by atoms with Gasteiger partial charge in [-0.2, -0.15) is 0 Å². The molecule has 2 aliphatic rings. The molecule has 0 saturated carbocycles. The van der Waals surface area contributed by atoms with Crippen LogP contribution in [0.1, 0.15) is 42.7 Å². The number of hydrogen-bond acceptors (Lipinski definition) is 5. The van der Waals surface area contributed by atoms with Crippen LogP contribution >= 0.6 is 0 Å². The number of ether oxygens (including phenoxy) is 1. The van der Waals surface area contributed by atoms with Crippen LogP contribution in [0.4, 0.5) is 5.69 Å². The molecule has 1 amide bonds. The van der Waals surface area contributed by atoms with Gasteiger partial charge in [0.1, 0.15) is 11.8 Å². The number of aliphatic hydroxyl groups excluding tert-OH is 1. The third-order valence-electron chi connectivity index (χ3n) is 6.58. The summed E-state index contributed by atoms with van der Waals surface area (Å²) in [5.74, 6) is 0.0973. The Balaban J connectivity index is 1.28. The Kier molecular flexibility index (Phi) is 4.87. The van der Waals surface area contributed by atoms with Gasteiger partial charge in [-0.05, 0) is 24.5 Å².